The van der Waals surface area contributed by atoms with Gasteiger partial charge < -0.3 is 30.7 Å². The van der Waals surface area contributed by atoms with E-state index in [1.807, 2.05) is 19.1 Å². The van der Waals surface area contributed by atoms with Gasteiger partial charge in [0.2, 0.25) is 5.75 Å². The van der Waals surface area contributed by atoms with Crippen LogP contribution in [0.3, 0.4) is 0 Å². The maximum absolute atomic E-state index is 14.6. The van der Waals surface area contributed by atoms with Gasteiger partial charge >= 0.3 is 0 Å². The Morgan fingerprint density at radius 2 is 1.95 bits per heavy atom. The second kappa shape index (κ2) is 13.9. The van der Waals surface area contributed by atoms with Crippen molar-refractivity contribution in [3.8, 4) is 5.75 Å². The number of nitrogens with zero attached hydrogens (tertiary/aromatic N) is 4. The van der Waals surface area contributed by atoms with Crippen LogP contribution in [0.2, 0.25) is 0 Å². The molecule has 11 nitrogen and oxygen atoms in total. The van der Waals surface area contributed by atoms with Crippen LogP contribution in [0.4, 0.5) is 37.6 Å². The van der Waals surface area contributed by atoms with Gasteiger partial charge in [0, 0.05) is 43.7 Å². The molecule has 2 aromatic carbocycles. The van der Waals surface area contributed by atoms with Gasteiger partial charge in [0.15, 0.2) is 40.4 Å². The molecule has 3 heterocycles. The fourth-order valence-electron chi connectivity index (χ4n) is 3.86. The quantitative estimate of drug-likeness (QED) is 0.177. The van der Waals surface area contributed by atoms with Crippen LogP contribution in [0.1, 0.15) is 16.1 Å². The summed E-state index contributed by atoms with van der Waals surface area (Å²) in [6, 6.07) is 11.3. The average molecular weight is 586 g/mol. The number of hydrogen-bond donors (Lipinski definition) is 4. The number of nitrogens with one attached hydrogen (secondary N) is 3. The third-order valence-electron chi connectivity index (χ3n) is 5.95. The van der Waals surface area contributed by atoms with Gasteiger partial charge in [-0.2, -0.15) is 9.49 Å². The van der Waals surface area contributed by atoms with E-state index in [-0.39, 0.29) is 17.1 Å². The molecular weight excluding hydrogens is 554 g/mol. The molecule has 0 bridgehead atoms. The van der Waals surface area contributed by atoms with Gasteiger partial charge in [-0.25, -0.2) is 14.4 Å². The third-order valence-corrected chi connectivity index (χ3v) is 6.87. The molecule has 0 saturated carbocycles. The van der Waals surface area contributed by atoms with Crippen LogP contribution in [0.5, 0.6) is 5.75 Å². The standard InChI is InChI=1S/C20H24FN7O2S.C7H6FNO/c1-12-10-16(27-26-12)23-18-17(29-3)19(28-6-8-30-9-7-28)25-20(24-18)31-15-5-4-13(22-2)11-14(15)21;8-7-5(4-10)2-1-3-6(7)9/h4-5,10-11,22H,6-9H2,1-3H3,(H2,23,24,25,26,27);1-4H,9H2/p+1. The molecule has 41 heavy (non-hydrogen) atoms. The lowest BCUT2D eigenvalue weighted by atomic mass is 10.2. The number of ether oxygens (including phenoxy) is 2. The number of halogens is 2. The van der Waals surface area contributed by atoms with E-state index in [0.29, 0.717) is 71.5 Å². The molecule has 0 amide bonds. The number of quaternary nitrogens is 1. The largest absolute Gasteiger partial charge is 0.490 e. The lowest BCUT2D eigenvalue weighted by molar-refractivity contribution is -0.258. The average Bonchev–Trinajstić information content (AvgIpc) is 3.40. The lowest BCUT2D eigenvalue weighted by Crippen LogP contribution is -2.41. The Morgan fingerprint density at radius 1 is 1.17 bits per heavy atom. The smallest absolute Gasteiger partial charge is 0.204 e. The maximum atomic E-state index is 14.6. The molecule has 14 heteroatoms. The third kappa shape index (κ3) is 7.48. The number of aldehydes is 1. The number of methoxy groups -OCH3 is 1. The van der Waals surface area contributed by atoms with Crippen LogP contribution >= 0.6 is 11.8 Å². The Bertz CT molecular complexity index is 1500. The molecule has 0 spiro atoms. The highest BCUT2D eigenvalue weighted by Crippen LogP contribution is 2.39. The zero-order valence-electron chi connectivity index (χ0n) is 22.8. The number of aromatic amines is 1. The first kappa shape index (κ1) is 29.7. The summed E-state index contributed by atoms with van der Waals surface area (Å²) in [5.74, 6) is 1.31. The predicted octanol–water partition coefficient (Wildman–Crippen LogP) is 3.94. The van der Waals surface area contributed by atoms with Crippen molar-refractivity contribution in [3.63, 3.8) is 0 Å². The first-order valence-corrected chi connectivity index (χ1v) is 13.4. The van der Waals surface area contributed by atoms with Gasteiger partial charge in [-0.3, -0.25) is 9.89 Å². The lowest BCUT2D eigenvalue weighted by Gasteiger charge is -2.29. The molecule has 0 unspecified atom stereocenters. The normalized spacial score (nSPS) is 12.8. The Balaban J connectivity index is 0.000000328. The van der Waals surface area contributed by atoms with Crippen molar-refractivity contribution < 1.29 is 28.8 Å². The number of anilines is 4. The van der Waals surface area contributed by atoms with Gasteiger partial charge in [0.25, 0.3) is 0 Å². The summed E-state index contributed by atoms with van der Waals surface area (Å²) < 4.78 is 38.4. The van der Waals surface area contributed by atoms with E-state index in [9.17, 15) is 13.6 Å². The predicted molar refractivity (Wildman–Crippen MR) is 153 cm³/mol. The Morgan fingerprint density at radius 3 is 2.56 bits per heavy atom. The molecule has 1 fully saturated rings. The first-order chi connectivity index (χ1) is 19.8. The number of aromatic nitrogens is 4. The van der Waals surface area contributed by atoms with Crippen molar-refractivity contribution in [2.24, 2.45) is 0 Å². The number of carbonyl (C=O) groups is 1. The molecule has 1 aliphatic rings. The van der Waals surface area contributed by atoms with E-state index in [2.05, 4.69) is 36.4 Å². The van der Waals surface area contributed by atoms with Gasteiger partial charge in [-0.1, -0.05) is 6.07 Å². The van der Waals surface area contributed by atoms with Crippen LogP contribution in [0, 0.1) is 18.6 Å². The molecule has 2 aromatic heterocycles. The van der Waals surface area contributed by atoms with Crippen molar-refractivity contribution in [2.75, 3.05) is 56.0 Å². The fraction of sp³-hybridized carbons (Fsp3) is 0.259. The highest BCUT2D eigenvalue weighted by molar-refractivity contribution is 7.99. The number of benzene rings is 2. The van der Waals surface area contributed by atoms with E-state index in [4.69, 9.17) is 14.5 Å². The summed E-state index contributed by atoms with van der Waals surface area (Å²) in [7, 11) is 3.32. The van der Waals surface area contributed by atoms with E-state index < -0.39 is 5.82 Å². The molecule has 5 rings (SSSR count). The molecule has 0 aliphatic carbocycles. The van der Waals surface area contributed by atoms with Crippen LogP contribution < -0.4 is 26.0 Å². The van der Waals surface area contributed by atoms with Crippen molar-refractivity contribution in [1.29, 1.82) is 0 Å². The molecule has 216 valence electrons. The molecule has 0 radical (unpaired) electrons. The van der Waals surface area contributed by atoms with E-state index in [1.165, 1.54) is 18.2 Å². The SMILES string of the molecule is CNc1ccc(Sc2nc(Nc3cc(C)[nH]n3)c(OC)c(N3CCOCC3)n2)c(F)c1.[NH3+]c1cccc(C=O)c1F. The van der Waals surface area contributed by atoms with Crippen LogP contribution in [0.15, 0.2) is 52.5 Å². The molecule has 1 saturated heterocycles. The number of H-pyrrole nitrogens is 1. The number of hydrogen-bond acceptors (Lipinski definition) is 10. The van der Waals surface area contributed by atoms with Crippen LogP contribution in [0.25, 0.3) is 0 Å². The summed E-state index contributed by atoms with van der Waals surface area (Å²) in [5.41, 5.74) is 5.32. The van der Waals surface area contributed by atoms with Crippen molar-refractivity contribution in [3.05, 3.63) is 65.4 Å². The Hall–Kier alpha value is -4.27. The number of rotatable bonds is 8. The molecular formula is C27H31F2N8O3S+. The highest BCUT2D eigenvalue weighted by atomic mass is 32.2. The highest BCUT2D eigenvalue weighted by Gasteiger charge is 2.24. The monoisotopic (exact) mass is 585 g/mol. The molecule has 6 N–H and O–H groups in total. The Kier molecular flexibility index (Phi) is 10.1. The first-order valence-electron chi connectivity index (χ1n) is 12.6. The second-order valence-corrected chi connectivity index (χ2v) is 9.82. The minimum Gasteiger partial charge on any atom is -0.490 e. The Labute approximate surface area is 239 Å². The summed E-state index contributed by atoms with van der Waals surface area (Å²) in [4.78, 5) is 21.9. The topological polar surface area (TPSA) is 145 Å². The zero-order valence-corrected chi connectivity index (χ0v) is 23.6. The number of carbonyl (C=O) groups excluding carboxylic acids is 1. The van der Waals surface area contributed by atoms with E-state index in [1.54, 1.807) is 26.3 Å². The van der Waals surface area contributed by atoms with Crippen molar-refractivity contribution in [1.82, 2.24) is 20.2 Å². The zero-order chi connectivity index (χ0) is 29.4. The maximum Gasteiger partial charge on any atom is 0.204 e. The minimum absolute atomic E-state index is 0.0625. The molecule has 0 atom stereocenters. The van der Waals surface area contributed by atoms with Crippen molar-refractivity contribution >= 4 is 46.9 Å². The van der Waals surface area contributed by atoms with Gasteiger partial charge in [0.05, 0.1) is 30.8 Å². The van der Waals surface area contributed by atoms with Crippen LogP contribution in [-0.2, 0) is 4.74 Å². The van der Waals surface area contributed by atoms with Crippen LogP contribution in [-0.4, -0.2) is 66.9 Å². The summed E-state index contributed by atoms with van der Waals surface area (Å²) in [6.07, 6.45) is 0.476. The van der Waals surface area contributed by atoms with E-state index >= 15 is 0 Å². The summed E-state index contributed by atoms with van der Waals surface area (Å²) >= 11 is 1.15. The second-order valence-electron chi connectivity index (χ2n) is 8.81. The minimum atomic E-state index is -0.530. The summed E-state index contributed by atoms with van der Waals surface area (Å²) in [6.45, 7) is 4.44. The molecule has 4 aromatic rings. The number of morpholine rings is 1. The van der Waals surface area contributed by atoms with Gasteiger partial charge in [0.1, 0.15) is 5.82 Å². The molecule has 1 aliphatic heterocycles. The van der Waals surface area contributed by atoms with Crippen molar-refractivity contribution in [2.45, 2.75) is 17.0 Å². The van der Waals surface area contributed by atoms with E-state index in [0.717, 1.165) is 17.5 Å². The fourth-order valence-corrected chi connectivity index (χ4v) is 4.62. The van der Waals surface area contributed by atoms with Gasteiger partial charge in [-0.15, -0.1) is 0 Å². The summed E-state index contributed by atoms with van der Waals surface area (Å²) in [5, 5.41) is 13.6. The number of aryl methyl sites for hydroxylation is 1. The van der Waals surface area contributed by atoms with Gasteiger partial charge in [-0.05, 0) is 43.0 Å².